The lowest BCUT2D eigenvalue weighted by atomic mass is 10.0. The fraction of sp³-hybridized carbons (Fsp3) is 0.200. The van der Waals surface area contributed by atoms with Crippen LogP contribution in [0.25, 0.3) is 0 Å². The van der Waals surface area contributed by atoms with Crippen LogP contribution in [0.3, 0.4) is 0 Å². The highest BCUT2D eigenvalue weighted by molar-refractivity contribution is 9.10. The van der Waals surface area contributed by atoms with Crippen molar-refractivity contribution < 1.29 is 18.7 Å². The lowest BCUT2D eigenvalue weighted by Gasteiger charge is -2.17. The molecule has 0 bridgehead atoms. The van der Waals surface area contributed by atoms with Crippen molar-refractivity contribution in [2.75, 3.05) is 7.11 Å². The lowest BCUT2D eigenvalue weighted by Crippen LogP contribution is -2.30. The quantitative estimate of drug-likeness (QED) is 0.795. The summed E-state index contributed by atoms with van der Waals surface area (Å²) in [6, 6.07) is 9.49. The molecule has 0 saturated carbocycles. The molecule has 22 heavy (non-hydrogen) atoms. The fourth-order valence-corrected chi connectivity index (χ4v) is 2.30. The van der Waals surface area contributed by atoms with Gasteiger partial charge in [0, 0.05) is 5.02 Å². The Morgan fingerprint density at radius 1 is 1.27 bits per heavy atom. The molecule has 0 radical (unpaired) electrons. The van der Waals surface area contributed by atoms with E-state index >= 15 is 0 Å². The minimum atomic E-state index is -0.541. The molecule has 0 saturated heterocycles. The number of nitrogens with one attached hydrogen (secondary N) is 1. The number of esters is 1. The minimum Gasteiger partial charge on any atom is -0.469 e. The minimum absolute atomic E-state index is 0.00570. The van der Waals surface area contributed by atoms with Crippen LogP contribution in [-0.2, 0) is 9.53 Å². The second-order valence-corrected chi connectivity index (χ2v) is 5.68. The van der Waals surface area contributed by atoms with Gasteiger partial charge in [-0.3, -0.25) is 9.59 Å². The second kappa shape index (κ2) is 7.47. The van der Waals surface area contributed by atoms with E-state index in [4.69, 9.17) is 16.0 Å². The summed E-state index contributed by atoms with van der Waals surface area (Å²) in [5.41, 5.74) is 0.744. The number of hydrogen-bond donors (Lipinski definition) is 1. The summed E-state index contributed by atoms with van der Waals surface area (Å²) in [5, 5.41) is 3.32. The monoisotopic (exact) mass is 385 g/mol. The number of furan rings is 1. The van der Waals surface area contributed by atoms with Gasteiger partial charge in [-0.1, -0.05) is 23.7 Å². The maximum atomic E-state index is 12.2. The van der Waals surface area contributed by atoms with Crippen molar-refractivity contribution in [1.82, 2.24) is 5.32 Å². The highest BCUT2D eigenvalue weighted by Gasteiger charge is 2.21. The average molecular weight is 387 g/mol. The molecule has 1 N–H and O–H groups in total. The third-order valence-corrected chi connectivity index (χ3v) is 3.65. The fourth-order valence-electron chi connectivity index (χ4n) is 1.86. The highest BCUT2D eigenvalue weighted by Crippen LogP contribution is 2.21. The molecule has 1 atom stereocenters. The smallest absolute Gasteiger partial charge is 0.307 e. The number of benzene rings is 1. The molecular formula is C15H13BrClNO4. The first-order valence-corrected chi connectivity index (χ1v) is 7.55. The highest BCUT2D eigenvalue weighted by atomic mass is 79.9. The summed E-state index contributed by atoms with van der Waals surface area (Å²) in [7, 11) is 1.30. The first-order chi connectivity index (χ1) is 10.5. The Kier molecular flexibility index (Phi) is 5.63. The molecular weight excluding hydrogens is 374 g/mol. The predicted molar refractivity (Wildman–Crippen MR) is 84.7 cm³/mol. The van der Waals surface area contributed by atoms with Crippen molar-refractivity contribution in [2.45, 2.75) is 12.5 Å². The van der Waals surface area contributed by atoms with Crippen molar-refractivity contribution in [3.8, 4) is 0 Å². The van der Waals surface area contributed by atoms with Gasteiger partial charge < -0.3 is 14.5 Å². The van der Waals surface area contributed by atoms with Crippen molar-refractivity contribution in [3.05, 3.63) is 57.4 Å². The van der Waals surface area contributed by atoms with E-state index in [1.807, 2.05) is 0 Å². The molecule has 1 amide bonds. The van der Waals surface area contributed by atoms with Gasteiger partial charge in [-0.2, -0.15) is 0 Å². The summed E-state index contributed by atoms with van der Waals surface area (Å²) < 4.78 is 10.3. The molecule has 116 valence electrons. The van der Waals surface area contributed by atoms with Crippen LogP contribution in [-0.4, -0.2) is 19.0 Å². The largest absolute Gasteiger partial charge is 0.469 e. The zero-order valence-electron chi connectivity index (χ0n) is 11.6. The Labute approximate surface area is 140 Å². The van der Waals surface area contributed by atoms with Crippen LogP contribution in [0, 0.1) is 0 Å². The summed E-state index contributed by atoms with van der Waals surface area (Å²) in [5.74, 6) is -0.703. The molecule has 7 heteroatoms. The van der Waals surface area contributed by atoms with Gasteiger partial charge in [0.1, 0.15) is 0 Å². The van der Waals surface area contributed by atoms with Crippen molar-refractivity contribution >= 4 is 39.4 Å². The van der Waals surface area contributed by atoms with E-state index < -0.39 is 17.9 Å². The van der Waals surface area contributed by atoms with E-state index in [2.05, 4.69) is 26.0 Å². The van der Waals surface area contributed by atoms with E-state index in [-0.39, 0.29) is 12.2 Å². The van der Waals surface area contributed by atoms with Gasteiger partial charge in [-0.25, -0.2) is 0 Å². The molecule has 0 aliphatic rings. The molecule has 2 aromatic rings. The standard InChI is InChI=1S/C15H13BrClNO4/c1-21-14(19)8-11(9-2-4-10(17)5-3-9)18-15(20)12-6-7-13(16)22-12/h2-7,11H,8H2,1H3,(H,18,20). The SMILES string of the molecule is COC(=O)CC(NC(=O)c1ccc(Br)o1)c1ccc(Cl)cc1. The Morgan fingerprint density at radius 3 is 2.50 bits per heavy atom. The Bertz CT molecular complexity index is 668. The van der Waals surface area contributed by atoms with E-state index in [0.29, 0.717) is 9.69 Å². The van der Waals surface area contributed by atoms with E-state index in [0.717, 1.165) is 5.56 Å². The summed E-state index contributed by atoms with van der Waals surface area (Å²) in [4.78, 5) is 23.7. The van der Waals surface area contributed by atoms with Crippen LogP contribution >= 0.6 is 27.5 Å². The number of halogens is 2. The predicted octanol–water partition coefficient (Wildman–Crippen LogP) is 3.73. The van der Waals surface area contributed by atoms with Crippen LogP contribution in [0.15, 0.2) is 45.5 Å². The summed E-state index contributed by atoms with van der Waals surface area (Å²) >= 11 is 8.99. The zero-order chi connectivity index (χ0) is 16.1. The number of carbonyl (C=O) groups is 2. The topological polar surface area (TPSA) is 68.5 Å². The van der Waals surface area contributed by atoms with Gasteiger partial charge in [0.15, 0.2) is 10.4 Å². The van der Waals surface area contributed by atoms with Gasteiger partial charge in [0.05, 0.1) is 19.6 Å². The molecule has 0 aliphatic heterocycles. The van der Waals surface area contributed by atoms with Crippen LogP contribution in [0.4, 0.5) is 0 Å². The number of amides is 1. The molecule has 0 aliphatic carbocycles. The van der Waals surface area contributed by atoms with E-state index in [1.54, 1.807) is 30.3 Å². The van der Waals surface area contributed by atoms with Gasteiger partial charge in [0.2, 0.25) is 0 Å². The van der Waals surface area contributed by atoms with Gasteiger partial charge in [0.25, 0.3) is 5.91 Å². The molecule has 5 nitrogen and oxygen atoms in total. The maximum absolute atomic E-state index is 12.2. The summed E-state index contributed by atoms with van der Waals surface area (Å²) in [6.45, 7) is 0. The van der Waals surface area contributed by atoms with Crippen LogP contribution < -0.4 is 5.32 Å². The third-order valence-electron chi connectivity index (χ3n) is 2.97. The molecule has 0 spiro atoms. The average Bonchev–Trinajstić information content (AvgIpc) is 2.94. The third kappa shape index (κ3) is 4.35. The van der Waals surface area contributed by atoms with E-state index in [9.17, 15) is 9.59 Å². The molecule has 2 rings (SSSR count). The number of hydrogen-bond acceptors (Lipinski definition) is 4. The number of ether oxygens (including phenoxy) is 1. The van der Waals surface area contributed by atoms with Gasteiger partial charge >= 0.3 is 5.97 Å². The van der Waals surface area contributed by atoms with Crippen LogP contribution in [0.1, 0.15) is 28.6 Å². The van der Waals surface area contributed by atoms with Crippen molar-refractivity contribution in [2.24, 2.45) is 0 Å². The van der Waals surface area contributed by atoms with E-state index in [1.165, 1.54) is 13.2 Å². The number of carbonyl (C=O) groups excluding carboxylic acids is 2. The van der Waals surface area contributed by atoms with Gasteiger partial charge in [-0.05, 0) is 45.8 Å². The molecule has 1 aromatic heterocycles. The molecule has 0 fully saturated rings. The Balaban J connectivity index is 2.18. The number of rotatable bonds is 5. The van der Waals surface area contributed by atoms with Crippen molar-refractivity contribution in [3.63, 3.8) is 0 Å². The first kappa shape index (κ1) is 16.6. The Hall–Kier alpha value is -1.79. The van der Waals surface area contributed by atoms with Crippen LogP contribution in [0.2, 0.25) is 5.02 Å². The molecule has 1 unspecified atom stereocenters. The normalized spacial score (nSPS) is 11.8. The lowest BCUT2D eigenvalue weighted by molar-refractivity contribution is -0.141. The van der Waals surface area contributed by atoms with Gasteiger partial charge in [-0.15, -0.1) is 0 Å². The Morgan fingerprint density at radius 2 is 1.95 bits per heavy atom. The van der Waals surface area contributed by atoms with Crippen LogP contribution in [0.5, 0.6) is 0 Å². The first-order valence-electron chi connectivity index (χ1n) is 6.38. The summed E-state index contributed by atoms with van der Waals surface area (Å²) in [6.07, 6.45) is 0.00570. The second-order valence-electron chi connectivity index (χ2n) is 4.46. The zero-order valence-corrected chi connectivity index (χ0v) is 14.0. The molecule has 1 aromatic carbocycles. The molecule has 1 heterocycles. The van der Waals surface area contributed by atoms with Crippen molar-refractivity contribution in [1.29, 1.82) is 0 Å². The maximum Gasteiger partial charge on any atom is 0.307 e. The number of methoxy groups -OCH3 is 1.